The van der Waals surface area contributed by atoms with Crippen LogP contribution in [0.4, 0.5) is 0 Å². The zero-order valence-electron chi connectivity index (χ0n) is 12.3. The van der Waals surface area contributed by atoms with Crippen LogP contribution in [0.25, 0.3) is 11.4 Å². The van der Waals surface area contributed by atoms with Crippen molar-refractivity contribution in [3.8, 4) is 11.4 Å². The molecule has 0 amide bonds. The van der Waals surface area contributed by atoms with Gasteiger partial charge in [-0.1, -0.05) is 52.3 Å². The van der Waals surface area contributed by atoms with Crippen molar-refractivity contribution in [2.45, 2.75) is 6.54 Å². The van der Waals surface area contributed by atoms with Gasteiger partial charge >= 0.3 is 0 Å². The Morgan fingerprint density at radius 2 is 1.92 bits per heavy atom. The molecular formula is C16H11BrN4O3. The lowest BCUT2D eigenvalue weighted by molar-refractivity contribution is -0.498. The number of benzene rings is 2. The topological polar surface area (TPSA) is 90.9 Å². The molecule has 0 saturated carbocycles. The summed E-state index contributed by atoms with van der Waals surface area (Å²) in [6, 6.07) is 15.7. The molecule has 0 N–H and O–H groups in total. The molecule has 0 unspecified atom stereocenters. The van der Waals surface area contributed by atoms with Crippen LogP contribution in [-0.2, 0) is 6.54 Å². The molecule has 0 fully saturated rings. The van der Waals surface area contributed by atoms with Crippen molar-refractivity contribution in [3.63, 3.8) is 0 Å². The highest BCUT2D eigenvalue weighted by molar-refractivity contribution is 9.10. The van der Waals surface area contributed by atoms with E-state index in [1.165, 1.54) is 0 Å². The Morgan fingerprint density at radius 1 is 1.17 bits per heavy atom. The molecule has 0 aliphatic carbocycles. The fourth-order valence-corrected chi connectivity index (χ4v) is 2.58. The third kappa shape index (κ3) is 3.38. The van der Waals surface area contributed by atoms with Crippen LogP contribution in [-0.4, -0.2) is 25.6 Å². The van der Waals surface area contributed by atoms with E-state index in [4.69, 9.17) is 0 Å². The van der Waals surface area contributed by atoms with Gasteiger partial charge in [-0.25, -0.2) is 4.98 Å². The highest BCUT2D eigenvalue weighted by Gasteiger charge is 2.21. The van der Waals surface area contributed by atoms with Crippen molar-refractivity contribution in [3.05, 3.63) is 80.6 Å². The van der Waals surface area contributed by atoms with Gasteiger partial charge in [-0.05, 0) is 18.2 Å². The third-order valence-corrected chi connectivity index (χ3v) is 3.73. The second-order valence-corrected chi connectivity index (χ2v) is 5.85. The van der Waals surface area contributed by atoms with Gasteiger partial charge in [0, 0.05) is 20.5 Å². The summed E-state index contributed by atoms with van der Waals surface area (Å²) >= 11 is 3.30. The first kappa shape index (κ1) is 16.0. The van der Waals surface area contributed by atoms with Crippen LogP contribution in [0.5, 0.6) is 0 Å². The van der Waals surface area contributed by atoms with Crippen LogP contribution >= 0.6 is 15.9 Å². The second kappa shape index (κ2) is 6.71. The Labute approximate surface area is 145 Å². The number of halogens is 1. The first-order chi connectivity index (χ1) is 11.5. The maximum Gasteiger partial charge on any atom is 0.280 e. The molecule has 1 heterocycles. The molecule has 24 heavy (non-hydrogen) atoms. The van der Waals surface area contributed by atoms with Gasteiger partial charge in [-0.3, -0.25) is 14.9 Å². The second-order valence-electron chi connectivity index (χ2n) is 4.94. The summed E-state index contributed by atoms with van der Waals surface area (Å²) in [6.07, 6.45) is 0. The summed E-state index contributed by atoms with van der Waals surface area (Å²) in [5.74, 6) is -0.206. The highest BCUT2D eigenvalue weighted by atomic mass is 79.9. The van der Waals surface area contributed by atoms with Crippen molar-refractivity contribution in [2.24, 2.45) is 0 Å². The number of carbonyl (C=O) groups is 1. The molecule has 0 radical (unpaired) electrons. The molecule has 2 aromatic carbocycles. The Balaban J connectivity index is 2.06. The van der Waals surface area contributed by atoms with Gasteiger partial charge in [0.1, 0.15) is 0 Å². The summed E-state index contributed by atoms with van der Waals surface area (Å²) in [5, 5.41) is 15.1. The first-order valence-electron chi connectivity index (χ1n) is 6.98. The lowest BCUT2D eigenvalue weighted by atomic mass is 10.2. The molecule has 0 spiro atoms. The lowest BCUT2D eigenvalue weighted by Crippen LogP contribution is -2.18. The molecular weight excluding hydrogens is 376 g/mol. The smallest absolute Gasteiger partial charge is 0.267 e. The van der Waals surface area contributed by atoms with E-state index < -0.39 is 17.4 Å². The van der Waals surface area contributed by atoms with Crippen LogP contribution in [0, 0.1) is 10.1 Å². The summed E-state index contributed by atoms with van der Waals surface area (Å²) in [4.78, 5) is 27.2. The summed E-state index contributed by atoms with van der Waals surface area (Å²) in [6.45, 7) is -0.584. The van der Waals surface area contributed by atoms with Crippen molar-refractivity contribution in [1.82, 2.24) is 14.8 Å². The Hall–Kier alpha value is -2.87. The predicted octanol–water partition coefficient (Wildman–Crippen LogP) is 3.17. The van der Waals surface area contributed by atoms with E-state index in [2.05, 4.69) is 26.0 Å². The molecule has 1 aromatic heterocycles. The minimum absolute atomic E-state index is 0.0103. The van der Waals surface area contributed by atoms with Gasteiger partial charge in [0.05, 0.1) is 0 Å². The predicted molar refractivity (Wildman–Crippen MR) is 90.0 cm³/mol. The molecule has 0 saturated heterocycles. The number of aromatic nitrogens is 3. The summed E-state index contributed by atoms with van der Waals surface area (Å²) in [7, 11) is 0. The largest absolute Gasteiger partial charge is 0.280 e. The minimum Gasteiger partial charge on any atom is -0.267 e. The van der Waals surface area contributed by atoms with Gasteiger partial charge in [0.2, 0.25) is 5.82 Å². The van der Waals surface area contributed by atoms with E-state index in [0.29, 0.717) is 11.1 Å². The van der Waals surface area contributed by atoms with Crippen molar-refractivity contribution >= 4 is 21.8 Å². The zero-order chi connectivity index (χ0) is 17.1. The van der Waals surface area contributed by atoms with Crippen LogP contribution in [0.2, 0.25) is 0 Å². The molecule has 120 valence electrons. The van der Waals surface area contributed by atoms with Crippen molar-refractivity contribution in [1.29, 1.82) is 0 Å². The van der Waals surface area contributed by atoms with Gasteiger partial charge in [0.25, 0.3) is 12.5 Å². The van der Waals surface area contributed by atoms with Crippen LogP contribution < -0.4 is 0 Å². The first-order valence-corrected chi connectivity index (χ1v) is 7.77. The Bertz CT molecular complexity index is 909. The van der Waals surface area contributed by atoms with Gasteiger partial charge in [-0.2, -0.15) is 4.68 Å². The van der Waals surface area contributed by atoms with Crippen molar-refractivity contribution < 1.29 is 9.72 Å². The standard InChI is InChI=1S/C16H11BrN4O3/c17-13-8-4-7-12(9-13)16(22)21-14(10-20(23)24)18-15(19-21)11-5-2-1-3-6-11/h1-9H,10H2. The average molecular weight is 387 g/mol. The van der Waals surface area contributed by atoms with E-state index in [0.717, 1.165) is 9.15 Å². The van der Waals surface area contributed by atoms with Gasteiger partial charge in [0.15, 0.2) is 5.82 Å². The minimum atomic E-state index is -0.584. The monoisotopic (exact) mass is 386 g/mol. The van der Waals surface area contributed by atoms with E-state index in [-0.39, 0.29) is 11.6 Å². The fraction of sp³-hybridized carbons (Fsp3) is 0.0625. The molecule has 7 nitrogen and oxygen atoms in total. The third-order valence-electron chi connectivity index (χ3n) is 3.24. The van der Waals surface area contributed by atoms with Crippen LogP contribution in [0.3, 0.4) is 0 Å². The Morgan fingerprint density at radius 3 is 2.58 bits per heavy atom. The SMILES string of the molecule is O=C(c1cccc(Br)c1)n1nc(-c2ccccc2)nc1C[N+](=O)[O-]. The van der Waals surface area contributed by atoms with Crippen molar-refractivity contribution in [2.75, 3.05) is 0 Å². The van der Waals surface area contributed by atoms with Gasteiger partial charge < -0.3 is 0 Å². The maximum absolute atomic E-state index is 12.7. The molecule has 3 rings (SSSR count). The van der Waals surface area contributed by atoms with E-state index >= 15 is 0 Å². The van der Waals surface area contributed by atoms with Crippen LogP contribution in [0.1, 0.15) is 16.2 Å². The number of hydrogen-bond donors (Lipinski definition) is 0. The molecule has 0 atom stereocenters. The molecule has 0 aliphatic heterocycles. The average Bonchev–Trinajstić information content (AvgIpc) is 2.98. The maximum atomic E-state index is 12.7. The quantitative estimate of drug-likeness (QED) is 0.507. The number of hydrogen-bond acceptors (Lipinski definition) is 5. The summed E-state index contributed by atoms with van der Waals surface area (Å²) < 4.78 is 1.72. The fourth-order valence-electron chi connectivity index (χ4n) is 2.18. The highest BCUT2D eigenvalue weighted by Crippen LogP contribution is 2.18. The van der Waals surface area contributed by atoms with E-state index in [1.54, 1.807) is 48.5 Å². The number of nitro groups is 1. The number of carbonyl (C=O) groups excluding carboxylic acids is 1. The molecule has 0 bridgehead atoms. The number of rotatable bonds is 4. The Kier molecular flexibility index (Phi) is 4.48. The molecule has 3 aromatic rings. The van der Waals surface area contributed by atoms with E-state index in [9.17, 15) is 14.9 Å². The summed E-state index contributed by atoms with van der Waals surface area (Å²) in [5.41, 5.74) is 1.04. The van der Waals surface area contributed by atoms with E-state index in [1.807, 2.05) is 6.07 Å². The van der Waals surface area contributed by atoms with Gasteiger partial charge in [-0.15, -0.1) is 5.10 Å². The lowest BCUT2D eigenvalue weighted by Gasteiger charge is -2.02. The number of nitrogens with zero attached hydrogens (tertiary/aromatic N) is 4. The van der Waals surface area contributed by atoms with Crippen LogP contribution in [0.15, 0.2) is 59.1 Å². The zero-order valence-corrected chi connectivity index (χ0v) is 13.9. The molecule has 0 aliphatic rings. The molecule has 8 heteroatoms. The normalized spacial score (nSPS) is 10.5.